The van der Waals surface area contributed by atoms with Crippen molar-refractivity contribution in [1.29, 1.82) is 0 Å². The van der Waals surface area contributed by atoms with Gasteiger partial charge in [-0.1, -0.05) is 35.5 Å². The normalized spacial score (nSPS) is 11.2. The van der Waals surface area contributed by atoms with Gasteiger partial charge in [0.1, 0.15) is 6.61 Å². The molecule has 0 aliphatic carbocycles. The van der Waals surface area contributed by atoms with Crippen LogP contribution in [0.25, 0.3) is 0 Å². The summed E-state index contributed by atoms with van der Waals surface area (Å²) in [6.07, 6.45) is 3.70. The molecule has 0 radical (unpaired) electrons. The van der Waals surface area contributed by atoms with E-state index < -0.39 is 0 Å². The molecule has 7 heteroatoms. The first kappa shape index (κ1) is 19.9. The molecule has 0 spiro atoms. The number of hydrogen-bond donors (Lipinski definition) is 0. The Balaban J connectivity index is 1.77. The van der Waals surface area contributed by atoms with Gasteiger partial charge in [0.2, 0.25) is 5.16 Å². The topological polar surface area (TPSA) is 61.5 Å². The first-order valence-corrected chi connectivity index (χ1v) is 10.1. The van der Waals surface area contributed by atoms with Gasteiger partial charge in [-0.05, 0) is 61.9 Å². The van der Waals surface area contributed by atoms with Gasteiger partial charge in [0.05, 0.1) is 13.3 Å². The van der Waals surface area contributed by atoms with E-state index in [0.29, 0.717) is 18.1 Å². The van der Waals surface area contributed by atoms with E-state index in [1.807, 2.05) is 31.4 Å². The predicted octanol–water partition coefficient (Wildman–Crippen LogP) is 4.40. The van der Waals surface area contributed by atoms with Crippen LogP contribution in [0.2, 0.25) is 0 Å². The summed E-state index contributed by atoms with van der Waals surface area (Å²) in [6.45, 7) is 6.53. The van der Waals surface area contributed by atoms with Gasteiger partial charge in [0.25, 0.3) is 0 Å². The van der Waals surface area contributed by atoms with Gasteiger partial charge in [0, 0.05) is 0 Å². The Morgan fingerprint density at radius 3 is 2.64 bits per heavy atom. The van der Waals surface area contributed by atoms with E-state index >= 15 is 0 Å². The molecule has 0 bridgehead atoms. The molecule has 146 valence electrons. The van der Waals surface area contributed by atoms with Crippen LogP contribution < -0.4 is 9.47 Å². The number of ether oxygens (including phenoxy) is 2. The smallest absolute Gasteiger partial charge is 0.211 e. The Hall–Kier alpha value is -2.80. The number of thioether (sulfide) groups is 1. The Kier molecular flexibility index (Phi) is 6.36. The zero-order valence-electron chi connectivity index (χ0n) is 16.8. The standard InChI is InChI=1S/C21H24N4O2S/c1-14-6-7-15(2)18(10-14)13-27-19-9-8-17(11-20(19)26-4)12-22-25-16(3)23-24-21(25)28-5/h6-12H,13H2,1-5H3/b22-12-. The van der Waals surface area contributed by atoms with Crippen LogP contribution in [-0.2, 0) is 6.61 Å². The van der Waals surface area contributed by atoms with Crippen molar-refractivity contribution in [3.8, 4) is 11.5 Å². The maximum Gasteiger partial charge on any atom is 0.211 e. The third kappa shape index (κ3) is 4.54. The molecule has 0 saturated heterocycles. The van der Waals surface area contributed by atoms with Gasteiger partial charge < -0.3 is 9.47 Å². The molecule has 3 aromatic rings. The van der Waals surface area contributed by atoms with E-state index in [1.165, 1.54) is 28.5 Å². The van der Waals surface area contributed by atoms with E-state index in [2.05, 4.69) is 47.3 Å². The number of aryl methyl sites for hydroxylation is 3. The molecule has 0 aliphatic rings. The highest BCUT2D eigenvalue weighted by molar-refractivity contribution is 7.98. The van der Waals surface area contributed by atoms with Crippen LogP contribution in [0.5, 0.6) is 11.5 Å². The molecular weight excluding hydrogens is 372 g/mol. The van der Waals surface area contributed by atoms with Crippen LogP contribution in [-0.4, -0.2) is 34.5 Å². The van der Waals surface area contributed by atoms with E-state index in [4.69, 9.17) is 9.47 Å². The van der Waals surface area contributed by atoms with Crippen molar-refractivity contribution in [3.63, 3.8) is 0 Å². The van der Waals surface area contributed by atoms with E-state index in [9.17, 15) is 0 Å². The van der Waals surface area contributed by atoms with Gasteiger partial charge in [0.15, 0.2) is 17.3 Å². The van der Waals surface area contributed by atoms with E-state index in [-0.39, 0.29) is 0 Å². The lowest BCUT2D eigenvalue weighted by molar-refractivity contribution is 0.284. The molecule has 0 N–H and O–H groups in total. The maximum atomic E-state index is 6.01. The molecule has 0 unspecified atom stereocenters. The zero-order chi connectivity index (χ0) is 20.1. The number of benzene rings is 2. The highest BCUT2D eigenvalue weighted by Gasteiger charge is 2.08. The highest BCUT2D eigenvalue weighted by Crippen LogP contribution is 2.29. The quantitative estimate of drug-likeness (QED) is 0.438. The molecule has 0 saturated carbocycles. The first-order chi connectivity index (χ1) is 13.5. The fraction of sp³-hybridized carbons (Fsp3) is 0.286. The summed E-state index contributed by atoms with van der Waals surface area (Å²) >= 11 is 1.50. The average Bonchev–Trinajstić information content (AvgIpc) is 3.06. The first-order valence-electron chi connectivity index (χ1n) is 8.89. The number of aromatic nitrogens is 3. The Bertz CT molecular complexity index is 998. The lowest BCUT2D eigenvalue weighted by Crippen LogP contribution is -2.01. The van der Waals surface area contributed by atoms with Gasteiger partial charge >= 0.3 is 0 Å². The Morgan fingerprint density at radius 1 is 1.07 bits per heavy atom. The summed E-state index contributed by atoms with van der Waals surface area (Å²) < 4.78 is 13.2. The maximum absolute atomic E-state index is 6.01. The molecule has 0 amide bonds. The van der Waals surface area contributed by atoms with Crippen LogP contribution in [0, 0.1) is 20.8 Å². The molecule has 28 heavy (non-hydrogen) atoms. The summed E-state index contributed by atoms with van der Waals surface area (Å²) in [5.74, 6) is 2.10. The van der Waals surface area contributed by atoms with Gasteiger partial charge in [-0.3, -0.25) is 0 Å². The van der Waals surface area contributed by atoms with E-state index in [0.717, 1.165) is 16.5 Å². The number of methoxy groups -OCH3 is 1. The van der Waals surface area contributed by atoms with Crippen molar-refractivity contribution in [2.24, 2.45) is 5.10 Å². The summed E-state index contributed by atoms with van der Waals surface area (Å²) in [6, 6.07) is 12.1. The zero-order valence-corrected chi connectivity index (χ0v) is 17.6. The molecule has 1 heterocycles. The predicted molar refractivity (Wildman–Crippen MR) is 113 cm³/mol. The van der Waals surface area contributed by atoms with Gasteiger partial charge in [-0.15, -0.1) is 10.2 Å². The largest absolute Gasteiger partial charge is 0.493 e. The van der Waals surface area contributed by atoms with Crippen molar-refractivity contribution in [2.75, 3.05) is 13.4 Å². The second kappa shape index (κ2) is 8.93. The summed E-state index contributed by atoms with van der Waals surface area (Å²) in [5, 5.41) is 13.3. The van der Waals surface area contributed by atoms with Gasteiger partial charge in [-0.2, -0.15) is 9.78 Å². The molecule has 3 rings (SSSR count). The molecule has 0 aliphatic heterocycles. The Morgan fingerprint density at radius 2 is 1.89 bits per heavy atom. The van der Waals surface area contributed by atoms with E-state index in [1.54, 1.807) is 18.0 Å². The summed E-state index contributed by atoms with van der Waals surface area (Å²) in [4.78, 5) is 0. The fourth-order valence-corrected chi connectivity index (χ4v) is 3.19. The molecular formula is C21H24N4O2S. The highest BCUT2D eigenvalue weighted by atomic mass is 32.2. The van der Waals surface area contributed by atoms with Gasteiger partial charge in [-0.25, -0.2) is 0 Å². The van der Waals surface area contributed by atoms with Crippen molar-refractivity contribution < 1.29 is 9.47 Å². The minimum absolute atomic E-state index is 0.494. The van der Waals surface area contributed by atoms with Crippen LogP contribution in [0.1, 0.15) is 28.1 Å². The van der Waals surface area contributed by atoms with Crippen molar-refractivity contribution in [2.45, 2.75) is 32.5 Å². The number of hydrogen-bond acceptors (Lipinski definition) is 6. The molecule has 0 fully saturated rings. The number of nitrogens with zero attached hydrogens (tertiary/aromatic N) is 4. The van der Waals surface area contributed by atoms with Crippen molar-refractivity contribution in [1.82, 2.24) is 14.9 Å². The van der Waals surface area contributed by atoms with Crippen molar-refractivity contribution >= 4 is 18.0 Å². The van der Waals surface area contributed by atoms with Crippen LogP contribution in [0.4, 0.5) is 0 Å². The van der Waals surface area contributed by atoms with Crippen molar-refractivity contribution in [3.05, 3.63) is 64.5 Å². The molecule has 1 aromatic heterocycles. The molecule has 2 aromatic carbocycles. The third-order valence-electron chi connectivity index (χ3n) is 4.35. The SMILES string of the molecule is COc1cc(/C=N\n2c(C)nnc2SC)ccc1OCc1cc(C)ccc1C. The third-order valence-corrected chi connectivity index (χ3v) is 4.97. The van der Waals surface area contributed by atoms with Crippen LogP contribution in [0.3, 0.4) is 0 Å². The van der Waals surface area contributed by atoms with Crippen LogP contribution in [0.15, 0.2) is 46.7 Å². The summed E-state index contributed by atoms with van der Waals surface area (Å²) in [5.41, 5.74) is 4.50. The fourth-order valence-electron chi connectivity index (χ4n) is 2.72. The minimum Gasteiger partial charge on any atom is -0.493 e. The average molecular weight is 397 g/mol. The number of rotatable bonds is 7. The summed E-state index contributed by atoms with van der Waals surface area (Å²) in [7, 11) is 1.64. The second-order valence-corrected chi connectivity index (χ2v) is 7.19. The Labute approximate surface area is 169 Å². The molecule has 6 nitrogen and oxygen atoms in total. The molecule has 0 atom stereocenters. The lowest BCUT2D eigenvalue weighted by atomic mass is 10.1. The second-order valence-electron chi connectivity index (χ2n) is 6.42. The monoisotopic (exact) mass is 396 g/mol. The minimum atomic E-state index is 0.494. The lowest BCUT2D eigenvalue weighted by Gasteiger charge is -2.13. The van der Waals surface area contributed by atoms with Crippen LogP contribution >= 0.6 is 11.8 Å².